The first-order valence-corrected chi connectivity index (χ1v) is 10.7. The molecule has 0 heterocycles. The van der Waals surface area contributed by atoms with Crippen molar-refractivity contribution in [1.82, 2.24) is 0 Å². The molecular weight excluding hydrogens is 358 g/mol. The summed E-state index contributed by atoms with van der Waals surface area (Å²) in [5.41, 5.74) is 2.76. The normalized spacial score (nSPS) is 15.4. The van der Waals surface area contributed by atoms with Gasteiger partial charge in [-0.1, -0.05) is 73.9 Å². The van der Waals surface area contributed by atoms with Crippen molar-refractivity contribution in [3.05, 3.63) is 71.8 Å². The quantitative estimate of drug-likeness (QED) is 0.532. The lowest BCUT2D eigenvalue weighted by molar-refractivity contribution is -0.121. The second-order valence-electron chi connectivity index (χ2n) is 8.11. The summed E-state index contributed by atoms with van der Waals surface area (Å²) in [4.78, 5) is 13.6. The number of fused-ring (bicyclic) bond motifs is 1. The van der Waals surface area contributed by atoms with E-state index in [1.54, 1.807) is 0 Å². The summed E-state index contributed by atoms with van der Waals surface area (Å²) in [5.74, 6) is 0.973. The zero-order chi connectivity index (χ0) is 20.3. The molecule has 29 heavy (non-hydrogen) atoms. The topological polar surface area (TPSA) is 38.3 Å². The van der Waals surface area contributed by atoms with Crippen LogP contribution in [0.1, 0.15) is 50.2 Å². The highest BCUT2D eigenvalue weighted by atomic mass is 16.5. The molecule has 1 N–H and O–H groups in total. The van der Waals surface area contributed by atoms with Crippen LogP contribution in [0.4, 0.5) is 5.69 Å². The molecule has 3 nitrogen and oxygen atoms in total. The molecule has 0 spiro atoms. The Morgan fingerprint density at radius 3 is 2.34 bits per heavy atom. The van der Waals surface area contributed by atoms with E-state index < -0.39 is 5.41 Å². The standard InChI is InChI=1S/C26H29NO2/c1-3-18-29-24-15-14-23(21-8-4-5-9-22(21)24)27-25(28)26(16-6-7-17-26)20-12-10-19(2)11-13-20/h4-5,8-15H,3,6-7,16-18H2,1-2H3,(H,27,28). The Hall–Kier alpha value is -2.81. The van der Waals surface area contributed by atoms with Crippen LogP contribution >= 0.6 is 0 Å². The molecule has 0 atom stereocenters. The van der Waals surface area contributed by atoms with Gasteiger partial charge in [-0.2, -0.15) is 0 Å². The van der Waals surface area contributed by atoms with Gasteiger partial charge in [-0.05, 0) is 43.9 Å². The van der Waals surface area contributed by atoms with E-state index in [9.17, 15) is 4.79 Å². The zero-order valence-corrected chi connectivity index (χ0v) is 17.3. The third-order valence-corrected chi connectivity index (χ3v) is 6.09. The van der Waals surface area contributed by atoms with E-state index in [1.807, 2.05) is 24.3 Å². The average Bonchev–Trinajstić information content (AvgIpc) is 3.25. The number of aryl methyl sites for hydroxylation is 1. The molecule has 3 heteroatoms. The maximum Gasteiger partial charge on any atom is 0.235 e. The van der Waals surface area contributed by atoms with Gasteiger partial charge in [0.1, 0.15) is 5.75 Å². The van der Waals surface area contributed by atoms with E-state index in [0.717, 1.165) is 59.9 Å². The summed E-state index contributed by atoms with van der Waals surface area (Å²) in [6.07, 6.45) is 4.94. The zero-order valence-electron chi connectivity index (χ0n) is 17.3. The predicted molar refractivity (Wildman–Crippen MR) is 120 cm³/mol. The summed E-state index contributed by atoms with van der Waals surface area (Å²) in [6, 6.07) is 20.5. The van der Waals surface area contributed by atoms with E-state index in [2.05, 4.69) is 55.6 Å². The summed E-state index contributed by atoms with van der Waals surface area (Å²) in [7, 11) is 0. The molecule has 1 aliphatic carbocycles. The second-order valence-corrected chi connectivity index (χ2v) is 8.11. The van der Waals surface area contributed by atoms with Crippen LogP contribution in [0.5, 0.6) is 5.75 Å². The van der Waals surface area contributed by atoms with Crippen molar-refractivity contribution in [3.63, 3.8) is 0 Å². The Morgan fingerprint density at radius 1 is 0.966 bits per heavy atom. The van der Waals surface area contributed by atoms with Gasteiger partial charge in [-0.15, -0.1) is 0 Å². The predicted octanol–water partition coefficient (Wildman–Crippen LogP) is 6.39. The van der Waals surface area contributed by atoms with E-state index in [-0.39, 0.29) is 5.91 Å². The summed E-state index contributed by atoms with van der Waals surface area (Å²) in [5, 5.41) is 5.33. The Kier molecular flexibility index (Phi) is 5.57. The van der Waals surface area contributed by atoms with Crippen molar-refractivity contribution < 1.29 is 9.53 Å². The van der Waals surface area contributed by atoms with E-state index >= 15 is 0 Å². The van der Waals surface area contributed by atoms with Crippen molar-refractivity contribution in [2.24, 2.45) is 0 Å². The van der Waals surface area contributed by atoms with Crippen molar-refractivity contribution in [1.29, 1.82) is 0 Å². The van der Waals surface area contributed by atoms with Crippen molar-refractivity contribution in [3.8, 4) is 5.75 Å². The Morgan fingerprint density at radius 2 is 1.66 bits per heavy atom. The molecule has 0 unspecified atom stereocenters. The van der Waals surface area contributed by atoms with Gasteiger partial charge in [-0.3, -0.25) is 4.79 Å². The molecule has 3 aromatic rings. The van der Waals surface area contributed by atoms with E-state index in [0.29, 0.717) is 6.61 Å². The van der Waals surface area contributed by atoms with Gasteiger partial charge in [0.25, 0.3) is 0 Å². The van der Waals surface area contributed by atoms with Gasteiger partial charge in [0, 0.05) is 16.5 Å². The average molecular weight is 388 g/mol. The van der Waals surface area contributed by atoms with Crippen molar-refractivity contribution in [2.75, 3.05) is 11.9 Å². The molecule has 3 aromatic carbocycles. The SMILES string of the molecule is CCCOc1ccc(NC(=O)C2(c3ccc(C)cc3)CCCC2)c2ccccc12. The molecule has 1 fully saturated rings. The number of anilines is 1. The first kappa shape index (κ1) is 19.5. The van der Waals surface area contributed by atoms with Crippen LogP contribution in [-0.4, -0.2) is 12.5 Å². The number of benzene rings is 3. The molecule has 1 aliphatic rings. The number of nitrogens with one attached hydrogen (secondary N) is 1. The van der Waals surface area contributed by atoms with Crippen LogP contribution in [0.25, 0.3) is 10.8 Å². The number of carbonyl (C=O) groups excluding carboxylic acids is 1. The monoisotopic (exact) mass is 387 g/mol. The van der Waals surface area contributed by atoms with Crippen LogP contribution in [0.15, 0.2) is 60.7 Å². The number of carbonyl (C=O) groups is 1. The maximum atomic E-state index is 13.6. The van der Waals surface area contributed by atoms with Crippen molar-refractivity contribution in [2.45, 2.75) is 51.4 Å². The molecule has 1 amide bonds. The second kappa shape index (κ2) is 8.28. The minimum absolute atomic E-state index is 0.103. The first-order chi connectivity index (χ1) is 14.1. The molecule has 0 radical (unpaired) electrons. The largest absolute Gasteiger partial charge is 0.493 e. The highest BCUT2D eigenvalue weighted by Crippen LogP contribution is 2.43. The van der Waals surface area contributed by atoms with Crippen LogP contribution in [0.2, 0.25) is 0 Å². The van der Waals surface area contributed by atoms with Gasteiger partial charge in [0.15, 0.2) is 0 Å². The summed E-state index contributed by atoms with van der Waals surface area (Å²) >= 11 is 0. The molecule has 0 aliphatic heterocycles. The third-order valence-electron chi connectivity index (χ3n) is 6.09. The lowest BCUT2D eigenvalue weighted by Gasteiger charge is -2.29. The van der Waals surface area contributed by atoms with Crippen LogP contribution < -0.4 is 10.1 Å². The molecule has 150 valence electrons. The Balaban J connectivity index is 1.68. The Labute approximate surface area is 173 Å². The number of rotatable bonds is 6. The lowest BCUT2D eigenvalue weighted by Crippen LogP contribution is -2.38. The summed E-state index contributed by atoms with van der Waals surface area (Å²) in [6.45, 7) is 4.87. The molecule has 0 bridgehead atoms. The smallest absolute Gasteiger partial charge is 0.235 e. The molecule has 0 saturated heterocycles. The van der Waals surface area contributed by atoms with Gasteiger partial charge in [0.05, 0.1) is 12.0 Å². The van der Waals surface area contributed by atoms with Crippen LogP contribution in [0.3, 0.4) is 0 Å². The van der Waals surface area contributed by atoms with Gasteiger partial charge >= 0.3 is 0 Å². The van der Waals surface area contributed by atoms with Crippen LogP contribution in [0, 0.1) is 6.92 Å². The van der Waals surface area contributed by atoms with Gasteiger partial charge in [0.2, 0.25) is 5.91 Å². The molecule has 4 rings (SSSR count). The van der Waals surface area contributed by atoms with E-state index in [1.165, 1.54) is 5.56 Å². The number of amides is 1. The minimum Gasteiger partial charge on any atom is -0.493 e. The minimum atomic E-state index is -0.438. The van der Waals surface area contributed by atoms with Gasteiger partial charge < -0.3 is 10.1 Å². The lowest BCUT2D eigenvalue weighted by atomic mass is 9.77. The highest BCUT2D eigenvalue weighted by molar-refractivity contribution is 6.07. The highest BCUT2D eigenvalue weighted by Gasteiger charge is 2.42. The number of hydrogen-bond donors (Lipinski definition) is 1. The summed E-state index contributed by atoms with van der Waals surface area (Å²) < 4.78 is 5.92. The fourth-order valence-corrected chi connectivity index (χ4v) is 4.46. The van der Waals surface area contributed by atoms with Crippen molar-refractivity contribution >= 4 is 22.4 Å². The molecular formula is C26H29NO2. The Bertz CT molecular complexity index is 1000. The van der Waals surface area contributed by atoms with Crippen LogP contribution in [-0.2, 0) is 10.2 Å². The number of hydrogen-bond acceptors (Lipinski definition) is 2. The van der Waals surface area contributed by atoms with E-state index in [4.69, 9.17) is 4.74 Å². The van der Waals surface area contributed by atoms with Gasteiger partial charge in [-0.25, -0.2) is 0 Å². The maximum absolute atomic E-state index is 13.6. The number of ether oxygens (including phenoxy) is 1. The first-order valence-electron chi connectivity index (χ1n) is 10.7. The fraction of sp³-hybridized carbons (Fsp3) is 0.346. The molecule has 0 aromatic heterocycles. The fourth-order valence-electron chi connectivity index (χ4n) is 4.46. The third kappa shape index (κ3) is 3.74. The molecule has 1 saturated carbocycles.